The Hall–Kier alpha value is -0.0600. The summed E-state index contributed by atoms with van der Waals surface area (Å²) in [6.07, 6.45) is 5.74. The largest absolute Gasteiger partial charge is 0.375 e. The average Bonchev–Trinajstić information content (AvgIpc) is 2.50. The van der Waals surface area contributed by atoms with Crippen LogP contribution < -0.4 is 5.73 Å². The first-order chi connectivity index (χ1) is 9.61. The Kier molecular flexibility index (Phi) is 5.55. The summed E-state index contributed by atoms with van der Waals surface area (Å²) in [6.45, 7) is 5.43. The molecule has 0 aromatic heterocycles. The Balaban J connectivity index is 2.09. The lowest BCUT2D eigenvalue weighted by molar-refractivity contribution is -0.147. The van der Waals surface area contributed by atoms with E-state index in [1.807, 2.05) is 11.8 Å². The summed E-state index contributed by atoms with van der Waals surface area (Å²) in [4.78, 5) is 13.0. The van der Waals surface area contributed by atoms with Crippen LogP contribution in [0.1, 0.15) is 52.4 Å². The van der Waals surface area contributed by atoms with Gasteiger partial charge in [-0.05, 0) is 50.0 Å². The van der Waals surface area contributed by atoms with Gasteiger partial charge in [-0.15, -0.1) is 0 Å². The van der Waals surface area contributed by atoms with Crippen LogP contribution in [0.4, 0.5) is 0 Å². The van der Waals surface area contributed by atoms with Crippen LogP contribution in [0.2, 0.25) is 0 Å². The Morgan fingerprint density at radius 1 is 1.35 bits per heavy atom. The van der Waals surface area contributed by atoms with Gasteiger partial charge in [-0.25, -0.2) is 0 Å². The number of rotatable bonds is 5. The van der Waals surface area contributed by atoms with Crippen molar-refractivity contribution >= 4 is 17.5 Å². The number of carbonyl (C=O) groups is 1. The summed E-state index contributed by atoms with van der Waals surface area (Å²) >= 11 is 2.01. The number of nitrogens with two attached hydrogens (primary N) is 1. The molecule has 2 fully saturated rings. The fourth-order valence-corrected chi connectivity index (χ4v) is 5.00. The first-order valence-corrected chi connectivity index (χ1v) is 9.23. The molecular formula is C16H29NO2S. The van der Waals surface area contributed by atoms with Crippen LogP contribution in [-0.2, 0) is 9.53 Å². The van der Waals surface area contributed by atoms with Crippen molar-refractivity contribution in [1.29, 1.82) is 0 Å². The topological polar surface area (TPSA) is 52.3 Å². The molecule has 2 saturated heterocycles. The maximum absolute atomic E-state index is 13.0. The number of carbonyl (C=O) groups excluding carboxylic acids is 1. The lowest BCUT2D eigenvalue weighted by Gasteiger charge is -2.45. The zero-order chi connectivity index (χ0) is 14.6. The fraction of sp³-hybridized carbons (Fsp3) is 0.938. The molecule has 1 atom stereocenters. The van der Waals surface area contributed by atoms with Crippen LogP contribution in [-0.4, -0.2) is 36.0 Å². The second kappa shape index (κ2) is 6.80. The second-order valence-corrected chi connectivity index (χ2v) is 7.61. The predicted molar refractivity (Wildman–Crippen MR) is 85.0 cm³/mol. The molecule has 0 aromatic carbocycles. The molecule has 0 saturated carbocycles. The Morgan fingerprint density at radius 3 is 2.55 bits per heavy atom. The van der Waals surface area contributed by atoms with Crippen LogP contribution in [0, 0.1) is 11.3 Å². The van der Waals surface area contributed by atoms with Crippen LogP contribution in [0.5, 0.6) is 0 Å². The van der Waals surface area contributed by atoms with Gasteiger partial charge in [-0.3, -0.25) is 4.79 Å². The zero-order valence-electron chi connectivity index (χ0n) is 13.0. The van der Waals surface area contributed by atoms with Gasteiger partial charge < -0.3 is 10.5 Å². The third kappa shape index (κ3) is 3.07. The normalized spacial score (nSPS) is 26.6. The van der Waals surface area contributed by atoms with E-state index in [0.29, 0.717) is 12.3 Å². The van der Waals surface area contributed by atoms with Gasteiger partial charge in [0, 0.05) is 24.5 Å². The van der Waals surface area contributed by atoms with Gasteiger partial charge in [0.25, 0.3) is 0 Å². The van der Waals surface area contributed by atoms with E-state index in [9.17, 15) is 4.79 Å². The molecule has 0 bridgehead atoms. The van der Waals surface area contributed by atoms with Crippen molar-refractivity contribution in [3.63, 3.8) is 0 Å². The second-order valence-electron chi connectivity index (χ2n) is 6.39. The molecule has 116 valence electrons. The molecule has 20 heavy (non-hydrogen) atoms. The number of hydrogen-bond donors (Lipinski definition) is 1. The molecule has 4 heteroatoms. The fourth-order valence-electron chi connectivity index (χ4n) is 3.76. The molecule has 0 radical (unpaired) electrons. The van der Waals surface area contributed by atoms with E-state index in [-0.39, 0.29) is 16.9 Å². The van der Waals surface area contributed by atoms with E-state index >= 15 is 0 Å². The molecule has 3 nitrogen and oxygen atoms in total. The molecule has 0 aromatic rings. The van der Waals surface area contributed by atoms with Gasteiger partial charge in [0.2, 0.25) is 0 Å². The molecule has 2 N–H and O–H groups in total. The molecule has 2 rings (SSSR count). The Bertz CT molecular complexity index is 322. The number of ketones is 1. The number of ether oxygens (including phenoxy) is 1. The lowest BCUT2D eigenvalue weighted by atomic mass is 9.69. The molecule has 1 unspecified atom stereocenters. The van der Waals surface area contributed by atoms with E-state index < -0.39 is 0 Å². The van der Waals surface area contributed by atoms with Crippen molar-refractivity contribution in [2.45, 2.75) is 58.0 Å². The van der Waals surface area contributed by atoms with E-state index in [1.165, 1.54) is 11.5 Å². The molecule has 1 spiro atoms. The van der Waals surface area contributed by atoms with Crippen molar-refractivity contribution in [3.8, 4) is 0 Å². The van der Waals surface area contributed by atoms with Crippen molar-refractivity contribution in [2.75, 3.05) is 24.7 Å². The quantitative estimate of drug-likeness (QED) is 0.848. The van der Waals surface area contributed by atoms with E-state index in [1.54, 1.807) is 0 Å². The minimum Gasteiger partial charge on any atom is -0.375 e. The number of hydrogen-bond acceptors (Lipinski definition) is 4. The van der Waals surface area contributed by atoms with Gasteiger partial charge in [0.1, 0.15) is 5.78 Å². The third-order valence-corrected chi connectivity index (χ3v) is 6.52. The Morgan fingerprint density at radius 2 is 2.00 bits per heavy atom. The summed E-state index contributed by atoms with van der Waals surface area (Å²) in [5.41, 5.74) is 5.64. The molecule has 0 aliphatic carbocycles. The highest BCUT2D eigenvalue weighted by Crippen LogP contribution is 2.42. The van der Waals surface area contributed by atoms with Crippen LogP contribution in [0.3, 0.4) is 0 Å². The van der Waals surface area contributed by atoms with Gasteiger partial charge in [-0.1, -0.05) is 13.8 Å². The van der Waals surface area contributed by atoms with Crippen molar-refractivity contribution in [2.24, 2.45) is 17.1 Å². The summed E-state index contributed by atoms with van der Waals surface area (Å²) in [5, 5.41) is 0. The highest BCUT2D eigenvalue weighted by molar-refractivity contribution is 7.99. The maximum Gasteiger partial charge on any atom is 0.143 e. The monoisotopic (exact) mass is 299 g/mol. The minimum absolute atomic E-state index is 0.00829. The SMILES string of the molecule is CCC(CC)(CN)C(=O)C1CCOC2(CCSCC2)C1. The van der Waals surface area contributed by atoms with Crippen LogP contribution >= 0.6 is 11.8 Å². The lowest BCUT2D eigenvalue weighted by Crippen LogP contribution is -2.49. The summed E-state index contributed by atoms with van der Waals surface area (Å²) in [6, 6.07) is 0. The number of Topliss-reactive ketones (excluding diaryl/α,β-unsaturated/α-hetero) is 1. The van der Waals surface area contributed by atoms with Gasteiger partial charge in [-0.2, -0.15) is 11.8 Å². The standard InChI is InChI=1S/C16H29NO2S/c1-3-15(4-2,12-17)14(18)13-5-8-19-16(11-13)6-9-20-10-7-16/h13H,3-12,17H2,1-2H3. The molecular weight excluding hydrogens is 270 g/mol. The first kappa shape index (κ1) is 16.3. The van der Waals surface area contributed by atoms with Gasteiger partial charge in [0.15, 0.2) is 0 Å². The van der Waals surface area contributed by atoms with Crippen molar-refractivity contribution < 1.29 is 9.53 Å². The van der Waals surface area contributed by atoms with Crippen LogP contribution in [0.25, 0.3) is 0 Å². The van der Waals surface area contributed by atoms with Crippen molar-refractivity contribution in [3.05, 3.63) is 0 Å². The van der Waals surface area contributed by atoms with E-state index in [4.69, 9.17) is 10.5 Å². The van der Waals surface area contributed by atoms with Gasteiger partial charge in [0.05, 0.1) is 5.60 Å². The first-order valence-electron chi connectivity index (χ1n) is 8.07. The van der Waals surface area contributed by atoms with E-state index in [2.05, 4.69) is 13.8 Å². The van der Waals surface area contributed by atoms with E-state index in [0.717, 1.165) is 45.1 Å². The number of thioether (sulfide) groups is 1. The highest BCUT2D eigenvalue weighted by atomic mass is 32.2. The third-order valence-electron chi connectivity index (χ3n) is 5.53. The van der Waals surface area contributed by atoms with Gasteiger partial charge >= 0.3 is 0 Å². The predicted octanol–water partition coefficient (Wildman–Crippen LogP) is 3.01. The molecule has 2 aliphatic rings. The Labute approximate surface area is 127 Å². The summed E-state index contributed by atoms with van der Waals surface area (Å²) < 4.78 is 6.10. The highest BCUT2D eigenvalue weighted by Gasteiger charge is 2.45. The average molecular weight is 299 g/mol. The molecule has 2 heterocycles. The van der Waals surface area contributed by atoms with Crippen LogP contribution in [0.15, 0.2) is 0 Å². The smallest absolute Gasteiger partial charge is 0.143 e. The summed E-state index contributed by atoms with van der Waals surface area (Å²) in [5.74, 6) is 2.91. The van der Waals surface area contributed by atoms with Crippen molar-refractivity contribution in [1.82, 2.24) is 0 Å². The molecule has 0 amide bonds. The minimum atomic E-state index is -0.299. The summed E-state index contributed by atoms with van der Waals surface area (Å²) in [7, 11) is 0. The zero-order valence-corrected chi connectivity index (χ0v) is 13.8. The molecule has 2 aliphatic heterocycles. The maximum atomic E-state index is 13.0.